The molecule has 0 rings (SSSR count). The Labute approximate surface area is 276 Å². The maximum Gasteiger partial charge on any atom is 0.220 e. The second-order valence-electron chi connectivity index (χ2n) is 14.0. The van der Waals surface area contributed by atoms with Gasteiger partial charge in [0.25, 0.3) is 0 Å². The number of rotatable bonds is 35. The van der Waals surface area contributed by atoms with E-state index < -0.39 is 12.1 Å². The van der Waals surface area contributed by atoms with Crippen LogP contribution in [0.5, 0.6) is 0 Å². The molecule has 0 fully saturated rings. The van der Waals surface area contributed by atoms with E-state index in [0.717, 1.165) is 31.6 Å². The van der Waals surface area contributed by atoms with Crippen LogP contribution in [0.3, 0.4) is 0 Å². The summed E-state index contributed by atoms with van der Waals surface area (Å²) in [7, 11) is 0. The molecule has 4 heteroatoms. The number of amides is 1. The number of allylic oxidation sites excluding steroid dienone is 1. The zero-order chi connectivity index (χ0) is 32.4. The topological polar surface area (TPSA) is 69.6 Å². The van der Waals surface area contributed by atoms with Gasteiger partial charge in [0, 0.05) is 6.42 Å². The monoisotopic (exact) mass is 622 g/mol. The van der Waals surface area contributed by atoms with Crippen molar-refractivity contribution in [2.24, 2.45) is 5.92 Å². The van der Waals surface area contributed by atoms with Crippen molar-refractivity contribution in [3.8, 4) is 0 Å². The van der Waals surface area contributed by atoms with Crippen LogP contribution < -0.4 is 5.32 Å². The first-order valence-corrected chi connectivity index (χ1v) is 19.8. The molecule has 0 aromatic rings. The Hall–Kier alpha value is -0.870. The molecule has 0 heterocycles. The van der Waals surface area contributed by atoms with Gasteiger partial charge in [-0.3, -0.25) is 4.79 Å². The van der Waals surface area contributed by atoms with Crippen LogP contribution in [0, 0.1) is 5.92 Å². The number of carbonyl (C=O) groups excluding carboxylic acids is 1. The van der Waals surface area contributed by atoms with Gasteiger partial charge in [-0.15, -0.1) is 0 Å². The fourth-order valence-corrected chi connectivity index (χ4v) is 6.09. The van der Waals surface area contributed by atoms with Gasteiger partial charge in [-0.05, 0) is 25.2 Å². The normalized spacial score (nSPS) is 13.8. The summed E-state index contributed by atoms with van der Waals surface area (Å²) >= 11 is 0. The average Bonchev–Trinajstić information content (AvgIpc) is 3.03. The van der Waals surface area contributed by atoms with Crippen molar-refractivity contribution in [1.82, 2.24) is 5.32 Å². The predicted molar refractivity (Wildman–Crippen MR) is 193 cm³/mol. The summed E-state index contributed by atoms with van der Waals surface area (Å²) in [5.41, 5.74) is 0. The largest absolute Gasteiger partial charge is 0.394 e. The molecular weight excluding hydrogens is 542 g/mol. The zero-order valence-corrected chi connectivity index (χ0v) is 30.1. The highest BCUT2D eigenvalue weighted by Crippen LogP contribution is 2.16. The lowest BCUT2D eigenvalue weighted by molar-refractivity contribution is -0.123. The first-order chi connectivity index (χ1) is 21.5. The van der Waals surface area contributed by atoms with Crippen molar-refractivity contribution in [3.63, 3.8) is 0 Å². The number of hydrogen-bond acceptors (Lipinski definition) is 3. The first kappa shape index (κ1) is 43.1. The van der Waals surface area contributed by atoms with E-state index in [1.165, 1.54) is 161 Å². The molecule has 0 saturated heterocycles. The van der Waals surface area contributed by atoms with Gasteiger partial charge >= 0.3 is 0 Å². The first-order valence-electron chi connectivity index (χ1n) is 19.8. The van der Waals surface area contributed by atoms with Gasteiger partial charge in [0.05, 0.1) is 18.8 Å². The lowest BCUT2D eigenvalue weighted by Crippen LogP contribution is -2.45. The van der Waals surface area contributed by atoms with E-state index in [1.54, 1.807) is 6.08 Å². The summed E-state index contributed by atoms with van der Waals surface area (Å²) in [5.74, 6) is 0.801. The second-order valence-corrected chi connectivity index (χ2v) is 14.0. The molecule has 3 unspecified atom stereocenters. The molecule has 0 aliphatic heterocycles. The molecule has 3 N–H and O–H groups in total. The number of unbranched alkanes of at least 4 members (excludes halogenated alkanes) is 25. The highest BCUT2D eigenvalue weighted by Gasteiger charge is 2.17. The number of carbonyl (C=O) groups is 1. The Bertz CT molecular complexity index is 607. The van der Waals surface area contributed by atoms with Crippen LogP contribution in [0.2, 0.25) is 0 Å². The minimum absolute atomic E-state index is 0.0627. The van der Waals surface area contributed by atoms with Gasteiger partial charge < -0.3 is 15.5 Å². The highest BCUT2D eigenvalue weighted by molar-refractivity contribution is 5.76. The van der Waals surface area contributed by atoms with Crippen molar-refractivity contribution in [1.29, 1.82) is 0 Å². The van der Waals surface area contributed by atoms with Gasteiger partial charge in [0.15, 0.2) is 0 Å². The molecule has 0 bridgehead atoms. The molecule has 0 saturated carbocycles. The van der Waals surface area contributed by atoms with E-state index in [2.05, 4.69) is 26.1 Å². The standard InChI is InChI=1S/C40H79NO3/c1-4-6-7-8-9-10-11-12-13-14-15-16-17-18-19-20-21-26-29-32-35-40(44)41-38(36-42)39(43)34-31-28-25-23-22-24-27-30-33-37(3)5-2/h31,34,37-39,42-43H,4-30,32-33,35-36H2,1-3H3,(H,41,44). The van der Waals surface area contributed by atoms with Crippen LogP contribution in [-0.2, 0) is 4.79 Å². The highest BCUT2D eigenvalue weighted by atomic mass is 16.3. The third kappa shape index (κ3) is 31.1. The molecule has 4 nitrogen and oxygen atoms in total. The number of nitrogens with one attached hydrogen (secondary N) is 1. The fourth-order valence-electron chi connectivity index (χ4n) is 6.09. The molecule has 0 aliphatic carbocycles. The third-order valence-electron chi connectivity index (χ3n) is 9.56. The molecule has 1 amide bonds. The Morgan fingerprint density at radius 3 is 1.45 bits per heavy atom. The van der Waals surface area contributed by atoms with Crippen LogP contribution in [0.4, 0.5) is 0 Å². The van der Waals surface area contributed by atoms with Crippen LogP contribution in [0.25, 0.3) is 0 Å². The van der Waals surface area contributed by atoms with Crippen LogP contribution in [0.1, 0.15) is 213 Å². The third-order valence-corrected chi connectivity index (χ3v) is 9.56. The summed E-state index contributed by atoms with van der Waals surface area (Å²) in [6, 6.07) is -0.616. The molecule has 0 spiro atoms. The molecule has 0 radical (unpaired) electrons. The van der Waals surface area contributed by atoms with Gasteiger partial charge in [0.1, 0.15) is 0 Å². The Balaban J connectivity index is 3.54. The van der Waals surface area contributed by atoms with E-state index in [4.69, 9.17) is 0 Å². The lowest BCUT2D eigenvalue weighted by atomic mass is 10.00. The molecule has 44 heavy (non-hydrogen) atoms. The van der Waals surface area contributed by atoms with Crippen molar-refractivity contribution < 1.29 is 15.0 Å². The summed E-state index contributed by atoms with van der Waals surface area (Å²) in [6.45, 7) is 6.66. The molecule has 0 aromatic heterocycles. The van der Waals surface area contributed by atoms with Crippen molar-refractivity contribution in [3.05, 3.63) is 12.2 Å². The molecule has 0 aliphatic rings. The Morgan fingerprint density at radius 1 is 0.614 bits per heavy atom. The maximum absolute atomic E-state index is 12.3. The summed E-state index contributed by atoms with van der Waals surface area (Å²) in [4.78, 5) is 12.3. The number of hydrogen-bond donors (Lipinski definition) is 3. The summed E-state index contributed by atoms with van der Waals surface area (Å²) in [5, 5.41) is 22.9. The number of aliphatic hydroxyl groups excluding tert-OH is 2. The molecule has 3 atom stereocenters. The fraction of sp³-hybridized carbons (Fsp3) is 0.925. The van der Waals surface area contributed by atoms with E-state index in [0.29, 0.717) is 6.42 Å². The van der Waals surface area contributed by atoms with E-state index >= 15 is 0 Å². The van der Waals surface area contributed by atoms with E-state index in [-0.39, 0.29) is 12.5 Å². The van der Waals surface area contributed by atoms with Crippen LogP contribution in [0.15, 0.2) is 12.2 Å². The molecular formula is C40H79NO3. The minimum atomic E-state index is -0.834. The van der Waals surface area contributed by atoms with Crippen molar-refractivity contribution in [2.75, 3.05) is 6.61 Å². The van der Waals surface area contributed by atoms with Gasteiger partial charge in [-0.25, -0.2) is 0 Å². The average molecular weight is 622 g/mol. The van der Waals surface area contributed by atoms with Crippen LogP contribution >= 0.6 is 0 Å². The Morgan fingerprint density at radius 2 is 1.02 bits per heavy atom. The second kappa shape index (κ2) is 35.0. The van der Waals surface area contributed by atoms with Crippen molar-refractivity contribution in [2.45, 2.75) is 226 Å². The minimum Gasteiger partial charge on any atom is -0.394 e. The smallest absolute Gasteiger partial charge is 0.220 e. The number of aliphatic hydroxyl groups is 2. The SMILES string of the molecule is CCCCCCCCCCCCCCCCCCCCCCC(=O)NC(CO)C(O)C=CCCCCCCCCC(C)CC. The van der Waals surface area contributed by atoms with Gasteiger partial charge in [0.2, 0.25) is 5.91 Å². The summed E-state index contributed by atoms with van der Waals surface area (Å²) < 4.78 is 0. The van der Waals surface area contributed by atoms with Gasteiger partial charge in [-0.1, -0.05) is 200 Å². The van der Waals surface area contributed by atoms with E-state index in [9.17, 15) is 15.0 Å². The maximum atomic E-state index is 12.3. The quantitative estimate of drug-likeness (QED) is 0.0487. The summed E-state index contributed by atoms with van der Waals surface area (Å²) in [6.07, 6.45) is 41.6. The molecule has 0 aromatic carbocycles. The van der Waals surface area contributed by atoms with Gasteiger partial charge in [-0.2, -0.15) is 0 Å². The lowest BCUT2D eigenvalue weighted by Gasteiger charge is -2.20. The van der Waals surface area contributed by atoms with Crippen molar-refractivity contribution >= 4 is 5.91 Å². The molecule has 262 valence electrons. The van der Waals surface area contributed by atoms with E-state index in [1.807, 2.05) is 6.08 Å². The Kier molecular flexibility index (Phi) is 34.3. The predicted octanol–water partition coefficient (Wildman–Crippen LogP) is 11.8. The zero-order valence-electron chi connectivity index (χ0n) is 30.1. The van der Waals surface area contributed by atoms with Crippen LogP contribution in [-0.4, -0.2) is 34.9 Å².